The van der Waals surface area contributed by atoms with Gasteiger partial charge in [0.05, 0.1) is 6.04 Å². The molecule has 0 saturated heterocycles. The Bertz CT molecular complexity index is 149. The molecule has 1 atom stereocenters. The molecule has 0 aromatic heterocycles. The average molecular weight is 162 g/mol. The number of nitrogens with one attached hydrogen (secondary N) is 2. The van der Waals surface area contributed by atoms with E-state index in [1.54, 1.807) is 6.92 Å². The Morgan fingerprint density at radius 3 is 2.30 bits per heavy atom. The summed E-state index contributed by atoms with van der Waals surface area (Å²) in [4.78, 5) is 21.4. The van der Waals surface area contributed by atoms with Crippen molar-refractivity contribution in [2.45, 2.75) is 13.0 Å². The number of thiol groups is 1. The highest BCUT2D eigenvalue weighted by atomic mass is 32.1. The minimum Gasteiger partial charge on any atom is -0.353 e. The first-order chi connectivity index (χ1) is 4.63. The van der Waals surface area contributed by atoms with Gasteiger partial charge in [-0.25, -0.2) is 0 Å². The molecule has 0 aliphatic carbocycles. The van der Waals surface area contributed by atoms with Crippen molar-refractivity contribution in [2.24, 2.45) is 0 Å². The minimum absolute atomic E-state index is 0.516. The summed E-state index contributed by atoms with van der Waals surface area (Å²) in [6.07, 6.45) is 0. The maximum Gasteiger partial charge on any atom is 0.288 e. The van der Waals surface area contributed by atoms with Gasteiger partial charge in [-0.1, -0.05) is 12.8 Å². The summed E-state index contributed by atoms with van der Waals surface area (Å²) in [6, 6.07) is -0.539. The summed E-state index contributed by atoms with van der Waals surface area (Å²) in [5.41, 5.74) is 0. The van der Waals surface area contributed by atoms with E-state index in [0.29, 0.717) is 0 Å². The Balaban J connectivity index is 3.95. The van der Waals surface area contributed by atoms with E-state index in [-0.39, 0.29) is 0 Å². The van der Waals surface area contributed by atoms with Crippen molar-refractivity contribution in [1.82, 2.24) is 10.0 Å². The van der Waals surface area contributed by atoms with Crippen LogP contribution in [0.4, 0.5) is 0 Å². The lowest BCUT2D eigenvalue weighted by molar-refractivity contribution is -0.138. The van der Waals surface area contributed by atoms with Gasteiger partial charge in [0.15, 0.2) is 0 Å². The molecular weight excluding hydrogens is 152 g/mol. The SMILES string of the molecule is CNC(=O)C(=O)C(C)NS. The van der Waals surface area contributed by atoms with Crippen LogP contribution in [0, 0.1) is 0 Å². The number of ketones is 1. The molecule has 10 heavy (non-hydrogen) atoms. The maximum atomic E-state index is 10.8. The van der Waals surface area contributed by atoms with Crippen LogP contribution in [-0.4, -0.2) is 24.8 Å². The van der Waals surface area contributed by atoms with Crippen LogP contribution in [0.15, 0.2) is 0 Å². The second-order valence-corrected chi connectivity index (χ2v) is 2.05. The fourth-order valence-electron chi connectivity index (χ4n) is 0.378. The van der Waals surface area contributed by atoms with Crippen LogP contribution >= 0.6 is 12.8 Å². The zero-order valence-corrected chi connectivity index (χ0v) is 6.74. The number of likely N-dealkylation sites (N-methyl/N-ethyl adjacent to an activating group) is 1. The van der Waals surface area contributed by atoms with E-state index in [2.05, 4.69) is 22.9 Å². The molecule has 4 nitrogen and oxygen atoms in total. The number of amides is 1. The van der Waals surface area contributed by atoms with E-state index < -0.39 is 17.7 Å². The van der Waals surface area contributed by atoms with Crippen LogP contribution in [0.2, 0.25) is 0 Å². The zero-order valence-electron chi connectivity index (χ0n) is 5.84. The summed E-state index contributed by atoms with van der Waals surface area (Å²) in [7, 11) is 1.41. The van der Waals surface area contributed by atoms with Crippen molar-refractivity contribution >= 4 is 24.5 Å². The van der Waals surface area contributed by atoms with E-state index in [1.807, 2.05) is 0 Å². The molecule has 0 heterocycles. The van der Waals surface area contributed by atoms with Gasteiger partial charge in [-0.3, -0.25) is 14.3 Å². The molecule has 0 saturated carbocycles. The summed E-state index contributed by atoms with van der Waals surface area (Å²) in [5, 5.41) is 2.22. The third-order valence-corrected chi connectivity index (χ3v) is 1.43. The van der Waals surface area contributed by atoms with Crippen molar-refractivity contribution in [3.05, 3.63) is 0 Å². The third kappa shape index (κ3) is 2.36. The summed E-state index contributed by atoms with van der Waals surface area (Å²) >= 11 is 3.64. The van der Waals surface area contributed by atoms with Crippen LogP contribution in [0.5, 0.6) is 0 Å². The quantitative estimate of drug-likeness (QED) is 0.373. The third-order valence-electron chi connectivity index (χ3n) is 1.04. The van der Waals surface area contributed by atoms with Crippen molar-refractivity contribution in [3.8, 4) is 0 Å². The van der Waals surface area contributed by atoms with Gasteiger partial charge in [-0.05, 0) is 6.92 Å². The normalized spacial score (nSPS) is 12.3. The van der Waals surface area contributed by atoms with Gasteiger partial charge in [0.1, 0.15) is 0 Å². The van der Waals surface area contributed by atoms with E-state index in [4.69, 9.17) is 0 Å². The molecular formula is C5H10N2O2S. The Hall–Kier alpha value is -0.550. The van der Waals surface area contributed by atoms with Crippen LogP contribution < -0.4 is 10.0 Å². The van der Waals surface area contributed by atoms with Gasteiger partial charge in [-0.15, -0.1) is 0 Å². The first kappa shape index (κ1) is 9.45. The largest absolute Gasteiger partial charge is 0.353 e. The van der Waals surface area contributed by atoms with Crippen molar-refractivity contribution in [1.29, 1.82) is 0 Å². The summed E-state index contributed by atoms with van der Waals surface area (Å²) in [5.74, 6) is -1.12. The number of rotatable bonds is 3. The van der Waals surface area contributed by atoms with E-state index in [9.17, 15) is 9.59 Å². The lowest BCUT2D eigenvalue weighted by Gasteiger charge is -2.04. The topological polar surface area (TPSA) is 58.2 Å². The number of carbonyl (C=O) groups excluding carboxylic acids is 2. The zero-order chi connectivity index (χ0) is 8.15. The van der Waals surface area contributed by atoms with Crippen molar-refractivity contribution in [2.75, 3.05) is 7.05 Å². The molecule has 1 unspecified atom stereocenters. The van der Waals surface area contributed by atoms with Gasteiger partial charge in [-0.2, -0.15) is 0 Å². The van der Waals surface area contributed by atoms with Gasteiger partial charge in [0.2, 0.25) is 5.78 Å². The first-order valence-electron chi connectivity index (χ1n) is 2.79. The Kier molecular flexibility index (Phi) is 4.06. The molecule has 0 aromatic rings. The molecule has 58 valence electrons. The van der Waals surface area contributed by atoms with Gasteiger partial charge in [0, 0.05) is 7.05 Å². The molecule has 0 aromatic carbocycles. The molecule has 1 amide bonds. The van der Waals surface area contributed by atoms with Crippen LogP contribution in [0.3, 0.4) is 0 Å². The van der Waals surface area contributed by atoms with E-state index in [1.165, 1.54) is 7.05 Å². The second kappa shape index (κ2) is 4.29. The van der Waals surface area contributed by atoms with Gasteiger partial charge < -0.3 is 5.32 Å². The summed E-state index contributed by atoms with van der Waals surface area (Å²) in [6.45, 7) is 1.56. The lowest BCUT2D eigenvalue weighted by Crippen LogP contribution is -2.39. The van der Waals surface area contributed by atoms with Gasteiger partial charge in [0.25, 0.3) is 5.91 Å². The Labute approximate surface area is 64.9 Å². The molecule has 0 bridgehead atoms. The maximum absolute atomic E-state index is 10.8. The molecule has 5 heteroatoms. The second-order valence-electron chi connectivity index (χ2n) is 1.79. The number of Topliss-reactive ketones (excluding diaryl/α,β-unsaturated/α-hetero) is 1. The van der Waals surface area contributed by atoms with E-state index in [0.717, 1.165) is 0 Å². The molecule has 2 N–H and O–H groups in total. The molecule has 0 spiro atoms. The van der Waals surface area contributed by atoms with Crippen LogP contribution in [0.25, 0.3) is 0 Å². The molecule has 0 fully saturated rings. The summed E-state index contributed by atoms with van der Waals surface area (Å²) < 4.78 is 2.36. The van der Waals surface area contributed by atoms with Crippen LogP contribution in [-0.2, 0) is 9.59 Å². The molecule has 0 radical (unpaired) electrons. The highest BCUT2D eigenvalue weighted by Gasteiger charge is 2.17. The molecule has 0 aliphatic heterocycles. The van der Waals surface area contributed by atoms with Crippen LogP contribution in [0.1, 0.15) is 6.92 Å². The Morgan fingerprint density at radius 1 is 1.50 bits per heavy atom. The average Bonchev–Trinajstić information content (AvgIpc) is 2.00. The first-order valence-corrected chi connectivity index (χ1v) is 3.23. The monoisotopic (exact) mass is 162 g/mol. The Morgan fingerprint density at radius 2 is 2.00 bits per heavy atom. The number of carbonyl (C=O) groups is 2. The van der Waals surface area contributed by atoms with Crippen molar-refractivity contribution in [3.63, 3.8) is 0 Å². The van der Waals surface area contributed by atoms with Gasteiger partial charge >= 0.3 is 0 Å². The molecule has 0 rings (SSSR count). The number of hydrogen-bond donors (Lipinski definition) is 3. The predicted octanol–water partition coefficient (Wildman–Crippen LogP) is -0.876. The fourth-order valence-corrected chi connectivity index (χ4v) is 0.496. The lowest BCUT2D eigenvalue weighted by atomic mass is 10.2. The smallest absolute Gasteiger partial charge is 0.288 e. The van der Waals surface area contributed by atoms with E-state index >= 15 is 0 Å². The molecule has 0 aliphatic rings. The standard InChI is InChI=1S/C5H10N2O2S/c1-3(7-10)4(8)5(9)6-2/h3,7,10H,1-2H3,(H,6,9). The highest BCUT2D eigenvalue weighted by molar-refractivity contribution is 7.78. The predicted molar refractivity (Wildman–Crippen MR) is 40.7 cm³/mol. The van der Waals surface area contributed by atoms with Crippen molar-refractivity contribution < 1.29 is 9.59 Å². The fraction of sp³-hybridized carbons (Fsp3) is 0.600. The minimum atomic E-state index is -0.603. The highest BCUT2D eigenvalue weighted by Crippen LogP contribution is 1.85. The number of hydrogen-bond acceptors (Lipinski definition) is 4.